The van der Waals surface area contributed by atoms with E-state index < -0.39 is 0 Å². The number of hydrogen-bond acceptors (Lipinski definition) is 3. The lowest BCUT2D eigenvalue weighted by Crippen LogP contribution is -1.97. The van der Waals surface area contributed by atoms with Gasteiger partial charge in [-0.25, -0.2) is 15.0 Å². The standard InChI is InChI=1S/C59H38N4/c1-4-15-39(16-5-1)41-27-31-43(32-28-41)52-38-53(44-33-29-42(30-34-44)40-17-6-2-7-18-40)62-59(61-52)46-20-14-19-45(37-46)58-50-35-36-55-57(56(50)48-23-10-12-25-51(48)60-58)49-24-11-13-26-54(49)63(55)47-21-8-3-9-22-47/h1-38H. The van der Waals surface area contributed by atoms with Crippen molar-refractivity contribution in [2.75, 3.05) is 0 Å². The van der Waals surface area contributed by atoms with Crippen molar-refractivity contribution < 1.29 is 0 Å². The molecule has 0 bridgehead atoms. The van der Waals surface area contributed by atoms with Crippen LogP contribution in [0.5, 0.6) is 0 Å². The third kappa shape index (κ3) is 6.44. The molecule has 0 aliphatic carbocycles. The molecule has 0 spiro atoms. The fraction of sp³-hybridized carbons (Fsp3) is 0. The number of hydrogen-bond donors (Lipinski definition) is 0. The highest BCUT2D eigenvalue weighted by Crippen LogP contribution is 2.43. The van der Waals surface area contributed by atoms with Crippen LogP contribution in [0, 0.1) is 0 Å². The molecule has 294 valence electrons. The van der Waals surface area contributed by atoms with E-state index in [1.165, 1.54) is 32.8 Å². The Balaban J connectivity index is 1.03. The van der Waals surface area contributed by atoms with Crippen LogP contribution >= 0.6 is 0 Å². The largest absolute Gasteiger partial charge is 0.309 e. The first-order chi connectivity index (χ1) is 31.2. The van der Waals surface area contributed by atoms with E-state index in [-0.39, 0.29) is 0 Å². The van der Waals surface area contributed by atoms with E-state index in [1.54, 1.807) is 0 Å². The zero-order chi connectivity index (χ0) is 41.7. The van der Waals surface area contributed by atoms with E-state index in [9.17, 15) is 0 Å². The number of rotatable bonds is 7. The predicted molar refractivity (Wildman–Crippen MR) is 262 cm³/mol. The summed E-state index contributed by atoms with van der Waals surface area (Å²) in [5.74, 6) is 0.655. The number of pyridine rings is 1. The van der Waals surface area contributed by atoms with Gasteiger partial charge in [-0.15, -0.1) is 0 Å². The molecule has 0 unspecified atom stereocenters. The Morgan fingerprint density at radius 3 is 1.44 bits per heavy atom. The first-order valence-corrected chi connectivity index (χ1v) is 21.4. The smallest absolute Gasteiger partial charge is 0.160 e. The van der Waals surface area contributed by atoms with Crippen LogP contribution in [0.25, 0.3) is 117 Å². The minimum absolute atomic E-state index is 0.655. The summed E-state index contributed by atoms with van der Waals surface area (Å²) in [5, 5.41) is 5.86. The summed E-state index contributed by atoms with van der Waals surface area (Å²) in [6.07, 6.45) is 0. The van der Waals surface area contributed by atoms with Crippen LogP contribution in [0.15, 0.2) is 231 Å². The number of nitrogens with zero attached hydrogens (tertiary/aromatic N) is 4. The van der Waals surface area contributed by atoms with Crippen molar-refractivity contribution in [2.24, 2.45) is 0 Å². The maximum Gasteiger partial charge on any atom is 0.160 e. The Bertz CT molecular complexity index is 3530. The number of benzene rings is 9. The molecule has 12 aromatic rings. The second kappa shape index (κ2) is 15.2. The zero-order valence-electron chi connectivity index (χ0n) is 34.2. The summed E-state index contributed by atoms with van der Waals surface area (Å²) in [7, 11) is 0. The third-order valence-electron chi connectivity index (χ3n) is 12.2. The molecule has 3 heterocycles. The van der Waals surface area contributed by atoms with Gasteiger partial charge in [-0.3, -0.25) is 0 Å². The lowest BCUT2D eigenvalue weighted by Gasteiger charge is -2.14. The monoisotopic (exact) mass is 802 g/mol. The van der Waals surface area contributed by atoms with Crippen molar-refractivity contribution >= 4 is 43.5 Å². The predicted octanol–water partition coefficient (Wildman–Crippen LogP) is 15.3. The van der Waals surface area contributed by atoms with Crippen LogP contribution in [0.4, 0.5) is 0 Å². The normalized spacial score (nSPS) is 11.5. The Kier molecular flexibility index (Phi) is 8.79. The van der Waals surface area contributed by atoms with Gasteiger partial charge in [0.15, 0.2) is 5.82 Å². The molecule has 0 fully saturated rings. The summed E-state index contributed by atoms with van der Waals surface area (Å²) in [6, 6.07) is 81.4. The lowest BCUT2D eigenvalue weighted by molar-refractivity contribution is 1.18. The van der Waals surface area contributed by atoms with E-state index >= 15 is 0 Å². The number of aromatic nitrogens is 4. The Hall–Kier alpha value is -8.47. The van der Waals surface area contributed by atoms with Crippen molar-refractivity contribution in [2.45, 2.75) is 0 Å². The topological polar surface area (TPSA) is 43.6 Å². The second-order valence-corrected chi connectivity index (χ2v) is 16.0. The zero-order valence-corrected chi connectivity index (χ0v) is 34.2. The summed E-state index contributed by atoms with van der Waals surface area (Å²) in [4.78, 5) is 16.0. The van der Waals surface area contributed by atoms with E-state index in [4.69, 9.17) is 15.0 Å². The number of para-hydroxylation sites is 3. The van der Waals surface area contributed by atoms with Gasteiger partial charge in [-0.2, -0.15) is 0 Å². The van der Waals surface area contributed by atoms with E-state index in [2.05, 4.69) is 223 Å². The van der Waals surface area contributed by atoms with Gasteiger partial charge < -0.3 is 4.57 Å². The lowest BCUT2D eigenvalue weighted by atomic mass is 9.95. The maximum absolute atomic E-state index is 5.41. The minimum Gasteiger partial charge on any atom is -0.309 e. The van der Waals surface area contributed by atoms with Gasteiger partial charge in [0.1, 0.15) is 0 Å². The highest BCUT2D eigenvalue weighted by atomic mass is 15.0. The molecule has 63 heavy (non-hydrogen) atoms. The summed E-state index contributed by atoms with van der Waals surface area (Å²) >= 11 is 0. The fourth-order valence-corrected chi connectivity index (χ4v) is 9.18. The highest BCUT2D eigenvalue weighted by Gasteiger charge is 2.20. The minimum atomic E-state index is 0.655. The average molecular weight is 803 g/mol. The molecule has 3 aromatic heterocycles. The number of fused-ring (bicyclic) bond motifs is 7. The molecule has 0 radical (unpaired) electrons. The Morgan fingerprint density at radius 2 is 0.794 bits per heavy atom. The van der Waals surface area contributed by atoms with Crippen LogP contribution in [0.1, 0.15) is 0 Å². The molecular weight excluding hydrogens is 765 g/mol. The molecule has 0 aliphatic heterocycles. The maximum atomic E-state index is 5.41. The van der Waals surface area contributed by atoms with Crippen molar-refractivity contribution in [3.05, 3.63) is 231 Å². The van der Waals surface area contributed by atoms with E-state index in [0.717, 1.165) is 78.0 Å². The van der Waals surface area contributed by atoms with Gasteiger partial charge in [-0.1, -0.05) is 188 Å². The van der Waals surface area contributed by atoms with Crippen molar-refractivity contribution in [3.63, 3.8) is 0 Å². The molecule has 4 heteroatoms. The van der Waals surface area contributed by atoms with Gasteiger partial charge in [-0.05, 0) is 64.7 Å². The molecule has 4 nitrogen and oxygen atoms in total. The quantitative estimate of drug-likeness (QED) is 0.151. The Morgan fingerprint density at radius 1 is 0.286 bits per heavy atom. The van der Waals surface area contributed by atoms with Crippen LogP contribution in [-0.4, -0.2) is 19.5 Å². The molecule has 0 saturated carbocycles. The first kappa shape index (κ1) is 36.4. The van der Waals surface area contributed by atoms with Crippen molar-refractivity contribution in [3.8, 4) is 73.1 Å². The van der Waals surface area contributed by atoms with Crippen LogP contribution < -0.4 is 0 Å². The molecular formula is C59H38N4. The Labute approximate surface area is 365 Å². The SMILES string of the molecule is c1ccc(-c2ccc(-c3cc(-c4ccc(-c5ccccc5)cc4)nc(-c4cccc(-c5nc6ccccc6c6c5ccc5c6c6ccccc6n5-c5ccccc5)c4)n3)cc2)cc1. The molecule has 0 saturated heterocycles. The third-order valence-corrected chi connectivity index (χ3v) is 12.2. The second-order valence-electron chi connectivity index (χ2n) is 16.0. The summed E-state index contributed by atoms with van der Waals surface area (Å²) in [5.41, 5.74) is 15.7. The van der Waals surface area contributed by atoms with Crippen LogP contribution in [0.3, 0.4) is 0 Å². The van der Waals surface area contributed by atoms with Crippen molar-refractivity contribution in [1.82, 2.24) is 19.5 Å². The van der Waals surface area contributed by atoms with Crippen LogP contribution in [-0.2, 0) is 0 Å². The van der Waals surface area contributed by atoms with Gasteiger partial charge in [0.2, 0.25) is 0 Å². The molecule has 0 atom stereocenters. The molecule has 12 rings (SSSR count). The van der Waals surface area contributed by atoms with Gasteiger partial charge in [0, 0.05) is 54.9 Å². The van der Waals surface area contributed by atoms with Crippen LogP contribution in [0.2, 0.25) is 0 Å². The van der Waals surface area contributed by atoms with Crippen molar-refractivity contribution in [1.29, 1.82) is 0 Å². The molecule has 0 amide bonds. The van der Waals surface area contributed by atoms with E-state index in [1.807, 2.05) is 12.1 Å². The fourth-order valence-electron chi connectivity index (χ4n) is 9.18. The van der Waals surface area contributed by atoms with Gasteiger partial charge >= 0.3 is 0 Å². The summed E-state index contributed by atoms with van der Waals surface area (Å²) < 4.78 is 2.38. The molecule has 0 aliphatic rings. The average Bonchev–Trinajstić information content (AvgIpc) is 3.71. The highest BCUT2D eigenvalue weighted by molar-refractivity contribution is 6.29. The molecule has 9 aromatic carbocycles. The molecule has 0 N–H and O–H groups in total. The van der Waals surface area contributed by atoms with Gasteiger partial charge in [0.05, 0.1) is 33.6 Å². The first-order valence-electron chi connectivity index (χ1n) is 21.4. The van der Waals surface area contributed by atoms with Gasteiger partial charge in [0.25, 0.3) is 0 Å². The summed E-state index contributed by atoms with van der Waals surface area (Å²) in [6.45, 7) is 0. The van der Waals surface area contributed by atoms with E-state index in [0.29, 0.717) is 5.82 Å².